The van der Waals surface area contributed by atoms with Crippen LogP contribution in [-0.4, -0.2) is 12.5 Å². The highest BCUT2D eigenvalue weighted by molar-refractivity contribution is 9.10. The van der Waals surface area contributed by atoms with Crippen molar-refractivity contribution in [1.29, 1.82) is 0 Å². The first kappa shape index (κ1) is 17.6. The molecule has 1 N–H and O–H groups in total. The third-order valence-corrected chi connectivity index (χ3v) is 4.06. The monoisotopic (exact) mass is 379 g/mol. The molecule has 5 heteroatoms. The number of furan rings is 1. The average Bonchev–Trinajstić information content (AvgIpc) is 3.03. The molecule has 0 fully saturated rings. The molecule has 2 rings (SSSR count). The summed E-state index contributed by atoms with van der Waals surface area (Å²) in [5, 5.41) is 2.87. The van der Waals surface area contributed by atoms with Gasteiger partial charge in [-0.15, -0.1) is 0 Å². The average molecular weight is 380 g/mol. The lowest BCUT2D eigenvalue weighted by atomic mass is 10.2. The molecule has 0 unspecified atom stereocenters. The molecule has 23 heavy (non-hydrogen) atoms. The van der Waals surface area contributed by atoms with Crippen molar-refractivity contribution in [3.8, 4) is 5.75 Å². The number of carbonyl (C=O) groups is 1. The first-order valence-electron chi connectivity index (χ1n) is 7.95. The van der Waals surface area contributed by atoms with Gasteiger partial charge in [0.25, 0.3) is 5.91 Å². The van der Waals surface area contributed by atoms with Gasteiger partial charge in [-0.05, 0) is 46.6 Å². The van der Waals surface area contributed by atoms with E-state index in [9.17, 15) is 4.79 Å². The fourth-order valence-corrected chi connectivity index (χ4v) is 2.53. The van der Waals surface area contributed by atoms with Gasteiger partial charge in [-0.2, -0.15) is 0 Å². The largest absolute Gasteiger partial charge is 0.484 e. The molecule has 4 nitrogen and oxygen atoms in total. The van der Waals surface area contributed by atoms with Gasteiger partial charge in [0.1, 0.15) is 18.1 Å². The third kappa shape index (κ3) is 5.75. The number of nitrogens with one attached hydrogen (secondary N) is 1. The number of halogens is 1. The van der Waals surface area contributed by atoms with Crippen molar-refractivity contribution in [2.24, 2.45) is 0 Å². The molecule has 0 saturated carbocycles. The van der Waals surface area contributed by atoms with Crippen molar-refractivity contribution < 1.29 is 13.9 Å². The number of ether oxygens (including phenoxy) is 1. The number of benzene rings is 1. The quantitative estimate of drug-likeness (QED) is 0.628. The molecule has 1 amide bonds. The van der Waals surface area contributed by atoms with Gasteiger partial charge in [-0.1, -0.05) is 38.3 Å². The van der Waals surface area contributed by atoms with Gasteiger partial charge in [0.2, 0.25) is 0 Å². The molecule has 1 aromatic heterocycles. The second-order valence-electron chi connectivity index (χ2n) is 5.30. The highest BCUT2D eigenvalue weighted by atomic mass is 79.9. The zero-order valence-corrected chi connectivity index (χ0v) is 14.9. The minimum atomic E-state index is -0.173. The highest BCUT2D eigenvalue weighted by Gasteiger charge is 2.11. The Morgan fingerprint density at radius 3 is 2.78 bits per heavy atom. The van der Waals surface area contributed by atoms with E-state index in [1.807, 2.05) is 24.3 Å². The van der Waals surface area contributed by atoms with Gasteiger partial charge >= 0.3 is 0 Å². The molecule has 0 atom stereocenters. The Balaban J connectivity index is 1.78. The number of carbonyl (C=O) groups excluding carboxylic acids is 1. The zero-order valence-electron chi connectivity index (χ0n) is 13.3. The second kappa shape index (κ2) is 9.40. The van der Waals surface area contributed by atoms with Crippen LogP contribution in [0.3, 0.4) is 0 Å². The van der Waals surface area contributed by atoms with Crippen LogP contribution in [-0.2, 0) is 6.61 Å². The summed E-state index contributed by atoms with van der Waals surface area (Å²) in [4.78, 5) is 12.0. The molecule has 124 valence electrons. The Labute approximate surface area is 145 Å². The number of para-hydroxylation sites is 1. The summed E-state index contributed by atoms with van der Waals surface area (Å²) in [5.41, 5.74) is 0. The second-order valence-corrected chi connectivity index (χ2v) is 6.16. The van der Waals surface area contributed by atoms with Crippen LogP contribution in [0.2, 0.25) is 0 Å². The molecule has 0 aliphatic carbocycles. The van der Waals surface area contributed by atoms with Crippen LogP contribution in [0.15, 0.2) is 45.3 Å². The predicted molar refractivity (Wildman–Crippen MR) is 93.7 cm³/mol. The van der Waals surface area contributed by atoms with E-state index in [2.05, 4.69) is 28.2 Å². The first-order chi connectivity index (χ1) is 11.2. The fraction of sp³-hybridized carbons (Fsp3) is 0.389. The van der Waals surface area contributed by atoms with Crippen molar-refractivity contribution >= 4 is 21.8 Å². The summed E-state index contributed by atoms with van der Waals surface area (Å²) in [7, 11) is 0. The maximum atomic E-state index is 12.0. The van der Waals surface area contributed by atoms with Crippen LogP contribution in [0.1, 0.15) is 48.9 Å². The van der Waals surface area contributed by atoms with Gasteiger partial charge < -0.3 is 14.5 Å². The summed E-state index contributed by atoms with van der Waals surface area (Å²) in [6.45, 7) is 3.13. The van der Waals surface area contributed by atoms with Gasteiger partial charge in [0.15, 0.2) is 5.76 Å². The Hall–Kier alpha value is -1.75. The smallest absolute Gasteiger partial charge is 0.286 e. The Morgan fingerprint density at radius 2 is 2.00 bits per heavy atom. The number of unbranched alkanes of at least 4 members (excludes halogenated alkanes) is 3. The van der Waals surface area contributed by atoms with Crippen LogP contribution in [0, 0.1) is 0 Å². The minimum absolute atomic E-state index is 0.173. The number of amides is 1. The predicted octanol–water partition coefficient (Wildman–Crippen LogP) is 4.93. The van der Waals surface area contributed by atoms with Gasteiger partial charge in [-0.25, -0.2) is 0 Å². The third-order valence-electron chi connectivity index (χ3n) is 3.41. The van der Waals surface area contributed by atoms with E-state index >= 15 is 0 Å². The van der Waals surface area contributed by atoms with Crippen LogP contribution >= 0.6 is 15.9 Å². The van der Waals surface area contributed by atoms with Crippen LogP contribution in [0.25, 0.3) is 0 Å². The lowest BCUT2D eigenvalue weighted by Crippen LogP contribution is -2.23. The van der Waals surface area contributed by atoms with Crippen LogP contribution < -0.4 is 10.1 Å². The van der Waals surface area contributed by atoms with Crippen molar-refractivity contribution in [3.05, 3.63) is 52.4 Å². The molecule has 0 aliphatic rings. The summed E-state index contributed by atoms with van der Waals surface area (Å²) < 4.78 is 12.1. The number of hydrogen-bond donors (Lipinski definition) is 1. The van der Waals surface area contributed by atoms with E-state index in [-0.39, 0.29) is 12.5 Å². The molecule has 0 radical (unpaired) electrons. The van der Waals surface area contributed by atoms with Crippen molar-refractivity contribution in [3.63, 3.8) is 0 Å². The van der Waals surface area contributed by atoms with Crippen molar-refractivity contribution in [1.82, 2.24) is 5.32 Å². The topological polar surface area (TPSA) is 51.5 Å². The highest BCUT2D eigenvalue weighted by Crippen LogP contribution is 2.24. The molecular formula is C18H22BrNO3. The summed E-state index contributed by atoms with van der Waals surface area (Å²) in [6.07, 6.45) is 4.53. The Morgan fingerprint density at radius 1 is 1.17 bits per heavy atom. The Kier molecular flexibility index (Phi) is 7.20. The lowest BCUT2D eigenvalue weighted by Gasteiger charge is -2.06. The van der Waals surface area contributed by atoms with E-state index < -0.39 is 0 Å². The van der Waals surface area contributed by atoms with E-state index in [1.54, 1.807) is 12.1 Å². The fourth-order valence-electron chi connectivity index (χ4n) is 2.13. The Bertz CT molecular complexity index is 624. The maximum absolute atomic E-state index is 12.0. The molecule has 0 spiro atoms. The maximum Gasteiger partial charge on any atom is 0.286 e. The summed E-state index contributed by atoms with van der Waals surface area (Å²) in [5.74, 6) is 1.52. The molecule has 0 saturated heterocycles. The molecule has 2 aromatic rings. The van der Waals surface area contributed by atoms with Crippen molar-refractivity contribution in [2.45, 2.75) is 39.2 Å². The standard InChI is InChI=1S/C18H22BrNO3/c1-2-3-4-7-12-20-18(21)17-11-10-14(23-17)13-22-16-9-6-5-8-15(16)19/h5-6,8-11H,2-4,7,12-13H2,1H3,(H,20,21). The van der Waals surface area contributed by atoms with E-state index in [0.29, 0.717) is 18.1 Å². The molecule has 0 aliphatic heterocycles. The van der Waals surface area contributed by atoms with Crippen molar-refractivity contribution in [2.75, 3.05) is 6.54 Å². The summed E-state index contributed by atoms with van der Waals surface area (Å²) in [6, 6.07) is 11.1. The molecular weight excluding hydrogens is 358 g/mol. The molecule has 1 heterocycles. The SMILES string of the molecule is CCCCCCNC(=O)c1ccc(COc2ccccc2Br)o1. The number of rotatable bonds is 9. The molecule has 0 bridgehead atoms. The van der Waals surface area contributed by atoms with Gasteiger partial charge in [0.05, 0.1) is 4.47 Å². The van der Waals surface area contributed by atoms with E-state index in [0.717, 1.165) is 23.1 Å². The minimum Gasteiger partial charge on any atom is -0.484 e. The first-order valence-corrected chi connectivity index (χ1v) is 8.74. The lowest BCUT2D eigenvalue weighted by molar-refractivity contribution is 0.0921. The van der Waals surface area contributed by atoms with Crippen LogP contribution in [0.5, 0.6) is 5.75 Å². The zero-order chi connectivity index (χ0) is 16.5. The molecule has 1 aromatic carbocycles. The van der Waals surface area contributed by atoms with Gasteiger partial charge in [0, 0.05) is 6.54 Å². The summed E-state index contributed by atoms with van der Waals surface area (Å²) >= 11 is 3.42. The number of hydrogen-bond acceptors (Lipinski definition) is 3. The van der Waals surface area contributed by atoms with E-state index in [4.69, 9.17) is 9.15 Å². The van der Waals surface area contributed by atoms with E-state index in [1.165, 1.54) is 12.8 Å². The normalized spacial score (nSPS) is 10.5. The van der Waals surface area contributed by atoms with Gasteiger partial charge in [-0.3, -0.25) is 4.79 Å². The van der Waals surface area contributed by atoms with Crippen LogP contribution in [0.4, 0.5) is 0 Å².